The summed E-state index contributed by atoms with van der Waals surface area (Å²) in [5.74, 6) is -0.0681. The second-order valence-corrected chi connectivity index (χ2v) is 6.75. The van der Waals surface area contributed by atoms with Gasteiger partial charge in [-0.1, -0.05) is 17.3 Å². The molecule has 2 heterocycles. The van der Waals surface area contributed by atoms with Crippen molar-refractivity contribution < 1.29 is 27.4 Å². The predicted octanol–water partition coefficient (Wildman–Crippen LogP) is 4.76. The minimum absolute atomic E-state index is 0.0132. The number of rotatable bonds is 6. The summed E-state index contributed by atoms with van der Waals surface area (Å²) >= 11 is 0. The van der Waals surface area contributed by atoms with E-state index >= 15 is 0 Å². The Bertz CT molecular complexity index is 1260. The van der Waals surface area contributed by atoms with Gasteiger partial charge in [0.2, 0.25) is 5.82 Å². The third-order valence-corrected chi connectivity index (χ3v) is 4.43. The average molecular weight is 445 g/mol. The van der Waals surface area contributed by atoms with Crippen LogP contribution in [0.5, 0.6) is 5.75 Å². The Morgan fingerprint density at radius 2 is 1.91 bits per heavy atom. The number of non-ortho nitro benzene ring substituents is 1. The number of halogens is 3. The van der Waals surface area contributed by atoms with Crippen molar-refractivity contribution in [1.82, 2.24) is 19.9 Å². The number of hydrogen-bond donors (Lipinski definition) is 0. The van der Waals surface area contributed by atoms with Crippen LogP contribution in [0, 0.1) is 17.0 Å². The van der Waals surface area contributed by atoms with Gasteiger partial charge in [0.1, 0.15) is 5.75 Å². The third kappa shape index (κ3) is 4.74. The first kappa shape index (κ1) is 21.0. The van der Waals surface area contributed by atoms with Crippen LogP contribution in [0.2, 0.25) is 0 Å². The van der Waals surface area contributed by atoms with E-state index < -0.39 is 11.3 Å². The number of benzene rings is 2. The summed E-state index contributed by atoms with van der Waals surface area (Å²) in [5, 5.41) is 19.2. The van der Waals surface area contributed by atoms with Crippen molar-refractivity contribution in [2.24, 2.45) is 0 Å². The van der Waals surface area contributed by atoms with E-state index in [4.69, 9.17) is 4.52 Å². The molecule has 0 N–H and O–H groups in total. The van der Waals surface area contributed by atoms with Gasteiger partial charge in [-0.15, -0.1) is 13.2 Å². The number of nitrogens with zero attached hydrogens (tertiary/aromatic N) is 5. The molecule has 0 atom stereocenters. The minimum atomic E-state index is -4.78. The van der Waals surface area contributed by atoms with Gasteiger partial charge in [0.05, 0.1) is 11.5 Å². The van der Waals surface area contributed by atoms with Gasteiger partial charge in [-0.3, -0.25) is 14.8 Å². The number of aromatic nitrogens is 4. The Morgan fingerprint density at radius 3 is 2.59 bits per heavy atom. The van der Waals surface area contributed by atoms with E-state index in [1.807, 2.05) is 6.92 Å². The number of alkyl halides is 3. The van der Waals surface area contributed by atoms with E-state index in [2.05, 4.69) is 20.0 Å². The zero-order valence-corrected chi connectivity index (χ0v) is 16.4. The van der Waals surface area contributed by atoms with E-state index in [9.17, 15) is 23.3 Å². The van der Waals surface area contributed by atoms with Gasteiger partial charge < -0.3 is 9.26 Å². The van der Waals surface area contributed by atoms with Crippen LogP contribution in [0.4, 0.5) is 18.9 Å². The Kier molecular flexibility index (Phi) is 5.34. The molecule has 4 rings (SSSR count). The fourth-order valence-electron chi connectivity index (χ4n) is 2.97. The van der Waals surface area contributed by atoms with Gasteiger partial charge in [0, 0.05) is 23.4 Å². The van der Waals surface area contributed by atoms with Crippen LogP contribution in [0.3, 0.4) is 0 Å². The highest BCUT2D eigenvalue weighted by molar-refractivity contribution is 5.59. The first-order chi connectivity index (χ1) is 15.2. The van der Waals surface area contributed by atoms with E-state index in [1.165, 1.54) is 24.3 Å². The molecule has 0 amide bonds. The molecule has 2 aromatic carbocycles. The molecule has 164 valence electrons. The van der Waals surface area contributed by atoms with E-state index in [0.717, 1.165) is 17.8 Å². The van der Waals surface area contributed by atoms with Crippen molar-refractivity contribution in [3.63, 3.8) is 0 Å². The second kappa shape index (κ2) is 8.13. The summed E-state index contributed by atoms with van der Waals surface area (Å²) in [5.41, 5.74) is 2.27. The Hall–Kier alpha value is -4.22. The van der Waals surface area contributed by atoms with Crippen LogP contribution in [0.1, 0.15) is 11.3 Å². The summed E-state index contributed by atoms with van der Waals surface area (Å²) < 4.78 is 47.6. The Labute approximate surface area is 178 Å². The monoisotopic (exact) mass is 445 g/mol. The largest absolute Gasteiger partial charge is 0.573 e. The zero-order chi connectivity index (χ0) is 22.9. The normalized spacial score (nSPS) is 11.5. The first-order valence-electron chi connectivity index (χ1n) is 9.16. The van der Waals surface area contributed by atoms with Crippen LogP contribution in [-0.2, 0) is 6.54 Å². The number of ether oxygens (including phenoxy) is 1. The minimum Gasteiger partial charge on any atom is -0.406 e. The molecule has 4 aromatic rings. The highest BCUT2D eigenvalue weighted by Crippen LogP contribution is 2.27. The van der Waals surface area contributed by atoms with Crippen LogP contribution in [-0.4, -0.2) is 31.2 Å². The summed E-state index contributed by atoms with van der Waals surface area (Å²) in [7, 11) is 0. The molecule has 0 saturated heterocycles. The molecule has 0 bridgehead atoms. The summed E-state index contributed by atoms with van der Waals surface area (Å²) in [6, 6.07) is 13.0. The molecule has 0 radical (unpaired) electrons. The van der Waals surface area contributed by atoms with Crippen LogP contribution in [0.15, 0.2) is 59.1 Å². The summed E-state index contributed by atoms with van der Waals surface area (Å²) in [6.45, 7) is 2.11. The van der Waals surface area contributed by atoms with Gasteiger partial charge in [-0.25, -0.2) is 0 Å². The van der Waals surface area contributed by atoms with Crippen molar-refractivity contribution in [3.05, 3.63) is 76.0 Å². The second-order valence-electron chi connectivity index (χ2n) is 6.75. The lowest BCUT2D eigenvalue weighted by molar-refractivity contribution is -0.384. The number of nitro groups is 1. The molecule has 9 nitrogen and oxygen atoms in total. The quantitative estimate of drug-likeness (QED) is 0.311. The molecule has 0 unspecified atom stereocenters. The predicted molar refractivity (Wildman–Crippen MR) is 105 cm³/mol. The Morgan fingerprint density at radius 1 is 1.16 bits per heavy atom. The van der Waals surface area contributed by atoms with Crippen molar-refractivity contribution in [2.45, 2.75) is 19.8 Å². The van der Waals surface area contributed by atoms with Gasteiger partial charge in [0.25, 0.3) is 11.6 Å². The molecule has 32 heavy (non-hydrogen) atoms. The van der Waals surface area contributed by atoms with Crippen LogP contribution < -0.4 is 4.74 Å². The van der Waals surface area contributed by atoms with Crippen molar-refractivity contribution in [3.8, 4) is 28.7 Å². The molecular formula is C20H14F3N5O4. The topological polar surface area (TPSA) is 109 Å². The fraction of sp³-hybridized carbons (Fsp3) is 0.150. The number of nitro benzene ring substituents is 1. The van der Waals surface area contributed by atoms with Gasteiger partial charge in [-0.05, 0) is 42.8 Å². The lowest BCUT2D eigenvalue weighted by Gasteiger charge is -2.08. The maximum absolute atomic E-state index is 12.3. The van der Waals surface area contributed by atoms with E-state index in [1.54, 1.807) is 22.9 Å². The lowest BCUT2D eigenvalue weighted by Crippen LogP contribution is -2.16. The maximum atomic E-state index is 12.3. The Balaban J connectivity index is 1.52. The molecule has 0 aliphatic heterocycles. The van der Waals surface area contributed by atoms with E-state index in [-0.39, 0.29) is 23.2 Å². The summed E-state index contributed by atoms with van der Waals surface area (Å²) in [6.07, 6.45) is -4.78. The van der Waals surface area contributed by atoms with Crippen molar-refractivity contribution in [1.29, 1.82) is 0 Å². The summed E-state index contributed by atoms with van der Waals surface area (Å²) in [4.78, 5) is 14.7. The van der Waals surface area contributed by atoms with Crippen LogP contribution >= 0.6 is 0 Å². The molecule has 2 aromatic heterocycles. The smallest absolute Gasteiger partial charge is 0.406 e. The van der Waals surface area contributed by atoms with Crippen molar-refractivity contribution in [2.75, 3.05) is 0 Å². The van der Waals surface area contributed by atoms with E-state index in [0.29, 0.717) is 23.4 Å². The lowest BCUT2D eigenvalue weighted by atomic mass is 10.2. The fourth-order valence-corrected chi connectivity index (χ4v) is 2.97. The molecule has 0 aliphatic carbocycles. The van der Waals surface area contributed by atoms with Gasteiger partial charge in [-0.2, -0.15) is 10.1 Å². The molecule has 0 saturated carbocycles. The van der Waals surface area contributed by atoms with Crippen molar-refractivity contribution >= 4 is 5.69 Å². The van der Waals surface area contributed by atoms with Crippen LogP contribution in [0.25, 0.3) is 23.0 Å². The first-order valence-corrected chi connectivity index (χ1v) is 9.16. The SMILES string of the molecule is Cc1cc(-c2nc(-c3ccc(OC(F)(F)F)cc3)no2)nn1Cc1cccc([N+](=O)[O-])c1. The molecule has 12 heteroatoms. The highest BCUT2D eigenvalue weighted by atomic mass is 19.4. The molecule has 0 spiro atoms. The molecule has 0 fully saturated rings. The zero-order valence-electron chi connectivity index (χ0n) is 16.4. The molecule has 0 aliphatic rings. The number of aryl methyl sites for hydroxylation is 1. The maximum Gasteiger partial charge on any atom is 0.573 e. The number of hydrogen-bond acceptors (Lipinski definition) is 7. The standard InChI is InChI=1S/C20H14F3N5O4/c1-12-9-17(25-27(12)11-13-3-2-4-15(10-13)28(29)30)19-24-18(26-32-19)14-5-7-16(8-6-14)31-20(21,22)23/h2-10H,11H2,1H3. The van der Waals surface area contributed by atoms with Gasteiger partial charge in [0.15, 0.2) is 5.69 Å². The average Bonchev–Trinajstić information content (AvgIpc) is 3.35. The third-order valence-electron chi connectivity index (χ3n) is 4.43. The molecular weight excluding hydrogens is 431 g/mol. The highest BCUT2D eigenvalue weighted by Gasteiger charge is 2.31. The van der Waals surface area contributed by atoms with Gasteiger partial charge >= 0.3 is 6.36 Å².